The molecule has 0 unspecified atom stereocenters. The van der Waals surface area contributed by atoms with Crippen molar-refractivity contribution in [2.75, 3.05) is 0 Å². The molecule has 0 spiro atoms. The molecule has 0 radical (unpaired) electrons. The molecule has 1 aliphatic rings. The summed E-state index contributed by atoms with van der Waals surface area (Å²) in [6.07, 6.45) is 7.07. The van der Waals surface area contributed by atoms with Crippen molar-refractivity contribution < 1.29 is 24.5 Å². The van der Waals surface area contributed by atoms with E-state index in [4.69, 9.17) is 16.3 Å². The van der Waals surface area contributed by atoms with Crippen molar-refractivity contribution >= 4 is 23.4 Å². The number of esters is 1. The van der Waals surface area contributed by atoms with E-state index in [9.17, 15) is 19.8 Å². The van der Waals surface area contributed by atoms with E-state index < -0.39 is 23.6 Å². The number of halogens is 1. The molecule has 1 aromatic carbocycles. The number of allylic oxidation sites excluding steroid dienone is 2. The van der Waals surface area contributed by atoms with E-state index in [2.05, 4.69) is 5.73 Å². The molecule has 0 aliphatic carbocycles. The summed E-state index contributed by atoms with van der Waals surface area (Å²) in [6, 6.07) is 0.955. The normalized spacial score (nSPS) is 20.2. The second-order valence-corrected chi connectivity index (χ2v) is 5.78. The Balaban J connectivity index is 2.54. The Bertz CT molecular complexity index is 757. The maximum atomic E-state index is 12.4. The Hall–Kier alpha value is -2.49. The minimum Gasteiger partial charge on any atom is -0.507 e. The highest BCUT2D eigenvalue weighted by Crippen LogP contribution is 2.37. The number of ether oxygens (including phenoxy) is 1. The number of fused-ring (bicyclic) bond motifs is 1. The second kappa shape index (κ2) is 7.86. The SMILES string of the molecule is C[C@@H]1C/C=C/CC=C=CC(=O)Cc2c(Cl)c(O)cc(O)c2C(=O)O1. The Morgan fingerprint density at radius 1 is 1.25 bits per heavy atom. The van der Waals surface area contributed by atoms with E-state index in [1.807, 2.05) is 12.2 Å². The zero-order valence-electron chi connectivity index (χ0n) is 13.1. The number of ketones is 1. The monoisotopic (exact) mass is 348 g/mol. The maximum Gasteiger partial charge on any atom is 0.342 e. The first-order chi connectivity index (χ1) is 11.4. The number of carbonyl (C=O) groups is 2. The molecule has 126 valence electrons. The number of rotatable bonds is 0. The number of carbonyl (C=O) groups excluding carboxylic acids is 2. The van der Waals surface area contributed by atoms with E-state index in [1.54, 1.807) is 13.0 Å². The summed E-state index contributed by atoms with van der Waals surface area (Å²) < 4.78 is 5.29. The van der Waals surface area contributed by atoms with Gasteiger partial charge < -0.3 is 14.9 Å². The summed E-state index contributed by atoms with van der Waals surface area (Å²) in [7, 11) is 0. The summed E-state index contributed by atoms with van der Waals surface area (Å²) in [6.45, 7) is 1.72. The van der Waals surface area contributed by atoms with Crippen molar-refractivity contribution in [3.05, 3.63) is 52.3 Å². The number of benzene rings is 1. The number of phenolic OH excluding ortho intramolecular Hbond substituents is 2. The first kappa shape index (κ1) is 17.9. The van der Waals surface area contributed by atoms with Crippen LogP contribution in [0.4, 0.5) is 0 Å². The molecule has 0 bridgehead atoms. The quantitative estimate of drug-likeness (QED) is 0.426. The van der Waals surface area contributed by atoms with Gasteiger partial charge >= 0.3 is 5.97 Å². The van der Waals surface area contributed by atoms with Crippen LogP contribution in [0, 0.1) is 0 Å². The lowest BCUT2D eigenvalue weighted by Crippen LogP contribution is -2.17. The average Bonchev–Trinajstić information content (AvgIpc) is 2.50. The fraction of sp³-hybridized carbons (Fsp3) is 0.278. The van der Waals surface area contributed by atoms with Crippen molar-refractivity contribution in [1.29, 1.82) is 0 Å². The zero-order valence-corrected chi connectivity index (χ0v) is 13.8. The van der Waals surface area contributed by atoms with Crippen LogP contribution in [0.25, 0.3) is 0 Å². The highest BCUT2D eigenvalue weighted by molar-refractivity contribution is 6.33. The summed E-state index contributed by atoms with van der Waals surface area (Å²) in [4.78, 5) is 24.4. The molecule has 24 heavy (non-hydrogen) atoms. The number of cyclic esters (lactones) is 1. The first-order valence-corrected chi connectivity index (χ1v) is 7.81. The van der Waals surface area contributed by atoms with E-state index in [1.165, 1.54) is 6.08 Å². The number of hydrogen-bond acceptors (Lipinski definition) is 5. The van der Waals surface area contributed by atoms with Gasteiger partial charge in [0.1, 0.15) is 23.2 Å². The summed E-state index contributed by atoms with van der Waals surface area (Å²) in [5.41, 5.74) is 2.57. The number of aromatic hydroxyl groups is 2. The third-order valence-electron chi connectivity index (χ3n) is 3.44. The van der Waals surface area contributed by atoms with E-state index in [-0.39, 0.29) is 28.4 Å². The zero-order chi connectivity index (χ0) is 17.7. The van der Waals surface area contributed by atoms with Gasteiger partial charge in [-0.05, 0) is 19.4 Å². The smallest absolute Gasteiger partial charge is 0.342 e. The lowest BCUT2D eigenvalue weighted by atomic mass is 10.00. The first-order valence-electron chi connectivity index (χ1n) is 7.43. The predicted molar refractivity (Wildman–Crippen MR) is 89.4 cm³/mol. The third-order valence-corrected chi connectivity index (χ3v) is 3.86. The lowest BCUT2D eigenvalue weighted by Gasteiger charge is -2.16. The fourth-order valence-corrected chi connectivity index (χ4v) is 2.48. The van der Waals surface area contributed by atoms with Crippen LogP contribution in [0.15, 0.2) is 36.1 Å². The van der Waals surface area contributed by atoms with Crippen molar-refractivity contribution in [1.82, 2.24) is 0 Å². The second-order valence-electron chi connectivity index (χ2n) is 5.40. The van der Waals surface area contributed by atoms with Crippen molar-refractivity contribution in [3.63, 3.8) is 0 Å². The van der Waals surface area contributed by atoms with Gasteiger partial charge in [-0.1, -0.05) is 23.8 Å². The van der Waals surface area contributed by atoms with Crippen LogP contribution >= 0.6 is 11.6 Å². The molecule has 0 aromatic heterocycles. The molecule has 0 saturated carbocycles. The van der Waals surface area contributed by atoms with Gasteiger partial charge in [0.05, 0.1) is 5.02 Å². The largest absolute Gasteiger partial charge is 0.507 e. The van der Waals surface area contributed by atoms with Crippen LogP contribution in [-0.2, 0) is 16.0 Å². The van der Waals surface area contributed by atoms with Crippen molar-refractivity contribution in [3.8, 4) is 11.5 Å². The summed E-state index contributed by atoms with van der Waals surface area (Å²) in [5.74, 6) is -2.07. The van der Waals surface area contributed by atoms with Gasteiger partial charge in [0.15, 0.2) is 5.78 Å². The minimum atomic E-state index is -0.797. The minimum absolute atomic E-state index is 0.0296. The molecule has 5 nitrogen and oxygen atoms in total. The van der Waals surface area contributed by atoms with Crippen LogP contribution in [0.5, 0.6) is 11.5 Å². The molecule has 1 atom stereocenters. The van der Waals surface area contributed by atoms with Crippen LogP contribution in [-0.4, -0.2) is 28.1 Å². The molecule has 2 rings (SSSR count). The van der Waals surface area contributed by atoms with E-state index >= 15 is 0 Å². The predicted octanol–water partition coefficient (Wildman–Crippen LogP) is 3.47. The number of phenols is 2. The van der Waals surface area contributed by atoms with Gasteiger partial charge in [-0.25, -0.2) is 4.79 Å². The Kier molecular flexibility index (Phi) is 5.85. The molecule has 2 N–H and O–H groups in total. The average molecular weight is 349 g/mol. The van der Waals surface area contributed by atoms with E-state index in [0.29, 0.717) is 12.8 Å². The van der Waals surface area contributed by atoms with Gasteiger partial charge in [0.2, 0.25) is 0 Å². The Morgan fingerprint density at radius 3 is 2.75 bits per heavy atom. The van der Waals surface area contributed by atoms with Gasteiger partial charge in [-0.2, -0.15) is 0 Å². The Labute approximate surface area is 144 Å². The molecule has 0 amide bonds. The standard InChI is InChI=1S/C18H17ClO5/c1-11-7-5-3-2-4-6-8-12(20)9-13-16(18(23)24-11)14(21)10-15(22)17(13)19/h3-5,8,10-11,21-22H,2,7,9H2,1H3/b5-3+/t6?,11-/m1/s1. The molecular formula is C18H17ClO5. The molecular weight excluding hydrogens is 332 g/mol. The topological polar surface area (TPSA) is 83.8 Å². The van der Waals surface area contributed by atoms with Crippen LogP contribution in [0.1, 0.15) is 35.7 Å². The lowest BCUT2D eigenvalue weighted by molar-refractivity contribution is -0.114. The van der Waals surface area contributed by atoms with Gasteiger partial charge in [-0.15, -0.1) is 5.73 Å². The van der Waals surface area contributed by atoms with Gasteiger partial charge in [-0.3, -0.25) is 4.79 Å². The molecule has 1 heterocycles. The Morgan fingerprint density at radius 2 is 2.00 bits per heavy atom. The molecule has 0 saturated heterocycles. The van der Waals surface area contributed by atoms with Crippen molar-refractivity contribution in [2.24, 2.45) is 0 Å². The highest BCUT2D eigenvalue weighted by atomic mass is 35.5. The number of hydrogen-bond donors (Lipinski definition) is 2. The summed E-state index contributed by atoms with van der Waals surface area (Å²) >= 11 is 6.03. The third kappa shape index (κ3) is 4.28. The molecule has 1 aromatic rings. The van der Waals surface area contributed by atoms with Crippen LogP contribution in [0.2, 0.25) is 5.02 Å². The molecule has 1 aliphatic heterocycles. The van der Waals surface area contributed by atoms with Crippen LogP contribution < -0.4 is 0 Å². The fourth-order valence-electron chi connectivity index (χ4n) is 2.26. The van der Waals surface area contributed by atoms with E-state index in [0.717, 1.165) is 6.07 Å². The van der Waals surface area contributed by atoms with Gasteiger partial charge in [0, 0.05) is 30.5 Å². The maximum absolute atomic E-state index is 12.4. The molecule has 6 heteroatoms. The molecule has 0 fully saturated rings. The van der Waals surface area contributed by atoms with Crippen molar-refractivity contribution in [2.45, 2.75) is 32.3 Å². The van der Waals surface area contributed by atoms with Gasteiger partial charge in [0.25, 0.3) is 0 Å². The summed E-state index contributed by atoms with van der Waals surface area (Å²) in [5, 5.41) is 19.6. The van der Waals surface area contributed by atoms with Crippen LogP contribution in [0.3, 0.4) is 0 Å². The highest BCUT2D eigenvalue weighted by Gasteiger charge is 2.25.